The third-order valence-electron chi connectivity index (χ3n) is 11.3. The summed E-state index contributed by atoms with van der Waals surface area (Å²) in [5, 5.41) is 30.1. The molecule has 0 spiro atoms. The molecule has 2 aliphatic rings. The number of amides is 6. The quantitative estimate of drug-likeness (QED) is 0.0465. The lowest BCUT2D eigenvalue weighted by Crippen LogP contribution is -2.66. The minimum Gasteiger partial charge on any atom is -0.495 e. The minimum absolute atomic E-state index is 0.0472. The molecule has 2 bridgehead atoms. The fraction of sp³-hybridized carbons (Fsp3) is 0.659. The van der Waals surface area contributed by atoms with Crippen molar-refractivity contribution in [2.75, 3.05) is 34.4 Å². The number of cyclic esters (lactones) is 1. The number of methoxy groups -OCH3 is 2. The molecule has 0 aromatic heterocycles. The minimum atomic E-state index is -1.98. The van der Waals surface area contributed by atoms with Crippen LogP contribution in [0.25, 0.3) is 0 Å². The van der Waals surface area contributed by atoms with E-state index in [0.717, 1.165) is 0 Å². The summed E-state index contributed by atoms with van der Waals surface area (Å²) in [6.07, 6.45) is -3.81. The molecule has 352 valence electrons. The molecule has 63 heavy (non-hydrogen) atoms. The maximum atomic E-state index is 15.0. The van der Waals surface area contributed by atoms with E-state index in [9.17, 15) is 43.8 Å². The third kappa shape index (κ3) is 13.6. The van der Waals surface area contributed by atoms with Crippen LogP contribution in [0.3, 0.4) is 0 Å². The number of aliphatic hydroxyl groups excluding tert-OH is 2. The first kappa shape index (κ1) is 52.1. The molecule has 6 amide bonds. The van der Waals surface area contributed by atoms with Gasteiger partial charge in [-0.2, -0.15) is 0 Å². The lowest BCUT2D eigenvalue weighted by Gasteiger charge is -2.46. The first-order chi connectivity index (χ1) is 29.7. The van der Waals surface area contributed by atoms with Crippen LogP contribution in [-0.2, 0) is 49.5 Å². The summed E-state index contributed by atoms with van der Waals surface area (Å²) in [5.41, 5.74) is 11.5. The largest absolute Gasteiger partial charge is 0.495 e. The number of carbonyl (C=O) groups excluding carboxylic acids is 7. The first-order valence-corrected chi connectivity index (χ1v) is 21.3. The molecule has 0 aliphatic carbocycles. The van der Waals surface area contributed by atoms with Crippen LogP contribution in [0.5, 0.6) is 5.75 Å². The van der Waals surface area contributed by atoms with Crippen molar-refractivity contribution in [3.63, 3.8) is 0 Å². The Morgan fingerprint density at radius 3 is 2.29 bits per heavy atom. The van der Waals surface area contributed by atoms with E-state index in [1.54, 1.807) is 39.0 Å². The Bertz CT molecular complexity index is 1830. The molecule has 2 fully saturated rings. The highest BCUT2D eigenvalue weighted by Gasteiger charge is 2.47. The molecule has 22 heteroatoms. The normalized spacial score (nSPS) is 26.5. The standard InChI is InChI=1S/C41H64ClN9O12/c1-9-21(4)33-39(59)50(6)27(18-23-12-14-29(61-7)24(42)17-23)35(55)48-31(20(2)3)40(60)63-22(5)32(49-36(56)28(53)19-52)37(57)46-25(11-10-16-45-41(43)44)34(54)47-26-13-15-30(62-8)51(33)38(26)58/h12,14,17,20-22,25-28,30-33,52-53H,9-11,13,15-16,18-19H2,1-8H3,(H,46,57)(H,47,54)(H,48,55)(H,49,56)(H4,43,44,45)/t21-,22-,25-,26-,27-,28+,30+,31-,32-,33+/m0/s1. The van der Waals surface area contributed by atoms with E-state index in [4.69, 9.17) is 37.3 Å². The average Bonchev–Trinajstić information content (AvgIpc) is 3.24. The zero-order valence-corrected chi connectivity index (χ0v) is 37.8. The van der Waals surface area contributed by atoms with Crippen LogP contribution < -0.4 is 37.5 Å². The highest BCUT2D eigenvalue weighted by Crippen LogP contribution is 2.30. The molecule has 2 heterocycles. The predicted octanol–water partition coefficient (Wildman–Crippen LogP) is -1.32. The van der Waals surface area contributed by atoms with E-state index < -0.39 is 115 Å². The van der Waals surface area contributed by atoms with Gasteiger partial charge in [-0.15, -0.1) is 0 Å². The number of ether oxygens (including phenoxy) is 3. The number of halogens is 1. The van der Waals surface area contributed by atoms with Gasteiger partial charge in [0.1, 0.15) is 54.3 Å². The van der Waals surface area contributed by atoms with Crippen LogP contribution in [0.2, 0.25) is 5.02 Å². The number of benzene rings is 1. The summed E-state index contributed by atoms with van der Waals surface area (Å²) in [6.45, 7) is 7.15. The van der Waals surface area contributed by atoms with Crippen molar-refractivity contribution < 1.29 is 58.0 Å². The number of hydrogen-bond acceptors (Lipinski definition) is 13. The van der Waals surface area contributed by atoms with Gasteiger partial charge in [0.2, 0.25) is 29.5 Å². The van der Waals surface area contributed by atoms with Gasteiger partial charge in [0.25, 0.3) is 5.91 Å². The van der Waals surface area contributed by atoms with Crippen molar-refractivity contribution in [2.45, 2.75) is 128 Å². The van der Waals surface area contributed by atoms with Crippen molar-refractivity contribution in [2.24, 2.45) is 28.3 Å². The van der Waals surface area contributed by atoms with Crippen LogP contribution in [0.15, 0.2) is 23.2 Å². The number of hydrogen-bond donors (Lipinski definition) is 8. The molecule has 1 aromatic rings. The molecule has 2 saturated heterocycles. The van der Waals surface area contributed by atoms with Gasteiger partial charge in [0.15, 0.2) is 12.1 Å². The van der Waals surface area contributed by atoms with E-state index >= 15 is 0 Å². The molecule has 0 unspecified atom stereocenters. The second-order valence-electron chi connectivity index (χ2n) is 16.1. The third-order valence-corrected chi connectivity index (χ3v) is 11.6. The van der Waals surface area contributed by atoms with Crippen molar-refractivity contribution in [1.82, 2.24) is 31.1 Å². The van der Waals surface area contributed by atoms with Crippen LogP contribution in [0, 0.1) is 11.8 Å². The second-order valence-corrected chi connectivity index (χ2v) is 16.5. The number of aliphatic imine (C=N–C) groups is 1. The van der Waals surface area contributed by atoms with E-state index in [2.05, 4.69) is 26.3 Å². The molecule has 1 aromatic carbocycles. The number of fused-ring (bicyclic) bond motifs is 2. The summed E-state index contributed by atoms with van der Waals surface area (Å²) < 4.78 is 16.8. The van der Waals surface area contributed by atoms with E-state index in [1.807, 2.05) is 6.92 Å². The number of rotatable bonds is 14. The molecule has 10 N–H and O–H groups in total. The summed E-state index contributed by atoms with van der Waals surface area (Å²) in [6, 6.07) is -3.47. The fourth-order valence-corrected chi connectivity index (χ4v) is 7.65. The fourth-order valence-electron chi connectivity index (χ4n) is 7.37. The monoisotopic (exact) mass is 909 g/mol. The molecule has 2 aliphatic heterocycles. The van der Waals surface area contributed by atoms with Gasteiger partial charge < -0.3 is 67.0 Å². The number of aliphatic hydroxyl groups is 2. The van der Waals surface area contributed by atoms with Gasteiger partial charge in [-0.1, -0.05) is 51.8 Å². The van der Waals surface area contributed by atoms with Crippen molar-refractivity contribution in [1.29, 1.82) is 0 Å². The van der Waals surface area contributed by atoms with Gasteiger partial charge >= 0.3 is 5.97 Å². The smallest absolute Gasteiger partial charge is 0.329 e. The van der Waals surface area contributed by atoms with Crippen LogP contribution in [0.4, 0.5) is 0 Å². The molecule has 10 atom stereocenters. The highest BCUT2D eigenvalue weighted by atomic mass is 35.5. The van der Waals surface area contributed by atoms with Crippen molar-refractivity contribution in [3.05, 3.63) is 28.8 Å². The number of nitrogens with zero attached hydrogens (tertiary/aromatic N) is 3. The average molecular weight is 910 g/mol. The number of guanidine groups is 1. The summed E-state index contributed by atoms with van der Waals surface area (Å²) in [4.78, 5) is 106. The molecular weight excluding hydrogens is 846 g/mol. The van der Waals surface area contributed by atoms with E-state index in [0.29, 0.717) is 17.7 Å². The molecular formula is C41H64ClN9O12. The second kappa shape index (κ2) is 24.0. The Morgan fingerprint density at radius 2 is 1.71 bits per heavy atom. The zero-order chi connectivity index (χ0) is 47.3. The summed E-state index contributed by atoms with van der Waals surface area (Å²) in [7, 11) is 4.24. The lowest BCUT2D eigenvalue weighted by molar-refractivity contribution is -0.171. The van der Waals surface area contributed by atoms with Gasteiger partial charge in [0, 0.05) is 27.1 Å². The van der Waals surface area contributed by atoms with Gasteiger partial charge in [-0.05, 0) is 62.1 Å². The molecule has 3 rings (SSSR count). The Kier molecular flexibility index (Phi) is 19.8. The van der Waals surface area contributed by atoms with E-state index in [-0.39, 0.29) is 49.6 Å². The SMILES string of the molecule is CC[C@H](C)[C@@H]1C(=O)N(C)[C@@H](Cc2ccc(OC)c(Cl)c2)C(=O)N[C@@H](C(C)C)C(=O)O[C@@H](C)[C@H](NC(=O)[C@H](O)CO)C(=O)N[C@@H](CCCN=C(N)N)C(=O)N[C@H]2CC[C@@H](OC)N1C2=O. The zero-order valence-electron chi connectivity index (χ0n) is 37.1. The van der Waals surface area contributed by atoms with E-state index in [1.165, 1.54) is 38.0 Å². The van der Waals surface area contributed by atoms with Gasteiger partial charge in [0.05, 0.1) is 18.7 Å². The Hall–Kier alpha value is -5.25. The van der Waals surface area contributed by atoms with Gasteiger partial charge in [-0.25, -0.2) is 4.79 Å². The summed E-state index contributed by atoms with van der Waals surface area (Å²) >= 11 is 6.47. The number of esters is 1. The molecule has 21 nitrogen and oxygen atoms in total. The highest BCUT2D eigenvalue weighted by molar-refractivity contribution is 6.32. The molecule has 0 saturated carbocycles. The number of piperidine rings is 1. The number of nitrogens with one attached hydrogen (secondary N) is 4. The lowest BCUT2D eigenvalue weighted by atomic mass is 9.91. The predicted molar refractivity (Wildman–Crippen MR) is 230 cm³/mol. The van der Waals surface area contributed by atoms with Crippen LogP contribution in [-0.4, -0.2) is 156 Å². The summed E-state index contributed by atoms with van der Waals surface area (Å²) in [5.74, 6) is -7.16. The van der Waals surface area contributed by atoms with Gasteiger partial charge in [-0.3, -0.25) is 33.8 Å². The van der Waals surface area contributed by atoms with Crippen LogP contribution in [0.1, 0.15) is 72.3 Å². The van der Waals surface area contributed by atoms with Crippen LogP contribution >= 0.6 is 11.6 Å². The van der Waals surface area contributed by atoms with Crippen molar-refractivity contribution >= 4 is 59.0 Å². The number of nitrogens with two attached hydrogens (primary N) is 2. The Balaban J connectivity index is 2.27. The number of likely N-dealkylation sites (N-methyl/N-ethyl adjacent to an activating group) is 1. The first-order valence-electron chi connectivity index (χ1n) is 20.9. The van der Waals surface area contributed by atoms with Crippen molar-refractivity contribution in [3.8, 4) is 5.75 Å². The maximum Gasteiger partial charge on any atom is 0.329 e. The Morgan fingerprint density at radius 1 is 1.03 bits per heavy atom. The maximum absolute atomic E-state index is 15.0. The number of carbonyl (C=O) groups is 7. The molecule has 0 radical (unpaired) electrons. The topological polar surface area (TPSA) is 307 Å². The Labute approximate surface area is 372 Å².